The summed E-state index contributed by atoms with van der Waals surface area (Å²) in [5, 5.41) is 13.8. The third-order valence-corrected chi connectivity index (χ3v) is 2.51. The largest absolute Gasteiger partial charge is 0.491 e. The van der Waals surface area contributed by atoms with Gasteiger partial charge in [-0.05, 0) is 38.1 Å². The van der Waals surface area contributed by atoms with Gasteiger partial charge in [0.2, 0.25) is 0 Å². The fourth-order valence-electron chi connectivity index (χ4n) is 1.38. The number of hydrogen-bond acceptors (Lipinski definition) is 3. The molecular formula is C13H20ClNO2. The standard InChI is InChI=1S/C13H20ClNO2/c1-3-7-15-9-13(2,16)10-17-12-6-4-5-11(14)8-12/h4-6,8,15-16H,3,7,9-10H2,1-2H3. The molecule has 0 aromatic heterocycles. The maximum atomic E-state index is 10.1. The molecule has 0 aliphatic heterocycles. The van der Waals surface area contributed by atoms with Crippen LogP contribution in [0.4, 0.5) is 0 Å². The molecule has 1 atom stereocenters. The molecule has 0 saturated heterocycles. The van der Waals surface area contributed by atoms with Crippen molar-refractivity contribution in [3.8, 4) is 5.75 Å². The summed E-state index contributed by atoms with van der Waals surface area (Å²) < 4.78 is 5.51. The minimum Gasteiger partial charge on any atom is -0.491 e. The summed E-state index contributed by atoms with van der Waals surface area (Å²) in [6.45, 7) is 5.49. The Hall–Kier alpha value is -0.770. The van der Waals surface area contributed by atoms with Gasteiger partial charge in [-0.25, -0.2) is 0 Å². The van der Waals surface area contributed by atoms with Gasteiger partial charge in [0, 0.05) is 11.6 Å². The Balaban J connectivity index is 2.38. The van der Waals surface area contributed by atoms with E-state index in [2.05, 4.69) is 12.2 Å². The molecule has 0 aliphatic carbocycles. The third-order valence-electron chi connectivity index (χ3n) is 2.28. The van der Waals surface area contributed by atoms with Crippen LogP contribution in [0.1, 0.15) is 20.3 Å². The lowest BCUT2D eigenvalue weighted by Gasteiger charge is -2.23. The summed E-state index contributed by atoms with van der Waals surface area (Å²) in [5.74, 6) is 0.674. The summed E-state index contributed by atoms with van der Waals surface area (Å²) >= 11 is 5.84. The van der Waals surface area contributed by atoms with E-state index in [4.69, 9.17) is 16.3 Å². The normalized spacial score (nSPS) is 14.4. The third kappa shape index (κ3) is 5.91. The van der Waals surface area contributed by atoms with Crippen LogP contribution in [0.15, 0.2) is 24.3 Å². The lowest BCUT2D eigenvalue weighted by Crippen LogP contribution is -2.43. The van der Waals surface area contributed by atoms with Crippen molar-refractivity contribution in [1.82, 2.24) is 5.32 Å². The number of rotatable bonds is 7. The molecule has 0 saturated carbocycles. The number of nitrogens with one attached hydrogen (secondary N) is 1. The van der Waals surface area contributed by atoms with E-state index in [1.807, 2.05) is 12.1 Å². The van der Waals surface area contributed by atoms with Crippen LogP contribution in [-0.2, 0) is 0 Å². The number of aliphatic hydroxyl groups is 1. The van der Waals surface area contributed by atoms with E-state index in [9.17, 15) is 5.11 Å². The fourth-order valence-corrected chi connectivity index (χ4v) is 1.56. The molecule has 17 heavy (non-hydrogen) atoms. The molecular weight excluding hydrogens is 238 g/mol. The van der Waals surface area contributed by atoms with Gasteiger partial charge in [-0.2, -0.15) is 0 Å². The molecule has 0 heterocycles. The highest BCUT2D eigenvalue weighted by atomic mass is 35.5. The Labute approximate surface area is 108 Å². The predicted molar refractivity (Wildman–Crippen MR) is 70.7 cm³/mol. The molecule has 0 aliphatic rings. The second kappa shape index (κ2) is 6.84. The average Bonchev–Trinajstić information content (AvgIpc) is 2.27. The van der Waals surface area contributed by atoms with Crippen LogP contribution in [0.2, 0.25) is 5.02 Å². The van der Waals surface area contributed by atoms with Crippen LogP contribution in [0.5, 0.6) is 5.75 Å². The van der Waals surface area contributed by atoms with Gasteiger partial charge in [-0.3, -0.25) is 0 Å². The van der Waals surface area contributed by atoms with Crippen LogP contribution in [0, 0.1) is 0 Å². The monoisotopic (exact) mass is 257 g/mol. The first-order chi connectivity index (χ1) is 8.03. The molecule has 1 unspecified atom stereocenters. The quantitative estimate of drug-likeness (QED) is 0.738. The molecule has 2 N–H and O–H groups in total. The van der Waals surface area contributed by atoms with Crippen LogP contribution in [0.25, 0.3) is 0 Å². The fraction of sp³-hybridized carbons (Fsp3) is 0.538. The average molecular weight is 258 g/mol. The number of ether oxygens (including phenoxy) is 1. The smallest absolute Gasteiger partial charge is 0.120 e. The van der Waals surface area contributed by atoms with E-state index in [0.29, 0.717) is 17.3 Å². The topological polar surface area (TPSA) is 41.5 Å². The number of benzene rings is 1. The minimum absolute atomic E-state index is 0.240. The Morgan fingerprint density at radius 2 is 2.24 bits per heavy atom. The van der Waals surface area contributed by atoms with Crippen LogP contribution >= 0.6 is 11.6 Å². The molecule has 0 amide bonds. The van der Waals surface area contributed by atoms with Gasteiger partial charge in [0.05, 0.1) is 0 Å². The molecule has 1 aromatic rings. The van der Waals surface area contributed by atoms with Crippen molar-refractivity contribution < 1.29 is 9.84 Å². The van der Waals surface area contributed by atoms with Crippen LogP contribution in [-0.4, -0.2) is 30.4 Å². The first kappa shape index (κ1) is 14.3. The number of halogens is 1. The molecule has 0 fully saturated rings. The second-order valence-electron chi connectivity index (χ2n) is 4.42. The first-order valence-corrected chi connectivity index (χ1v) is 6.23. The van der Waals surface area contributed by atoms with E-state index in [1.54, 1.807) is 19.1 Å². The SMILES string of the molecule is CCCNCC(C)(O)COc1cccc(Cl)c1. The molecule has 3 nitrogen and oxygen atoms in total. The van der Waals surface area contributed by atoms with Gasteiger partial charge >= 0.3 is 0 Å². The van der Waals surface area contributed by atoms with Crippen LogP contribution < -0.4 is 10.1 Å². The summed E-state index contributed by atoms with van der Waals surface area (Å²) in [7, 11) is 0. The molecule has 1 aromatic carbocycles. The Morgan fingerprint density at radius 1 is 1.47 bits per heavy atom. The van der Waals surface area contributed by atoms with Gasteiger partial charge in [-0.15, -0.1) is 0 Å². The van der Waals surface area contributed by atoms with Gasteiger partial charge in [-0.1, -0.05) is 24.6 Å². The highest BCUT2D eigenvalue weighted by Crippen LogP contribution is 2.18. The zero-order valence-electron chi connectivity index (χ0n) is 10.4. The van der Waals surface area contributed by atoms with Crippen molar-refractivity contribution in [2.24, 2.45) is 0 Å². The van der Waals surface area contributed by atoms with Crippen molar-refractivity contribution in [3.63, 3.8) is 0 Å². The zero-order valence-corrected chi connectivity index (χ0v) is 11.1. The predicted octanol–water partition coefficient (Wildman–Crippen LogP) is 2.47. The van der Waals surface area contributed by atoms with Crippen molar-refractivity contribution in [2.45, 2.75) is 25.9 Å². The summed E-state index contributed by atoms with van der Waals surface area (Å²) in [6, 6.07) is 7.16. The van der Waals surface area contributed by atoms with Gasteiger partial charge < -0.3 is 15.2 Å². The Bertz CT molecular complexity index is 342. The van der Waals surface area contributed by atoms with E-state index < -0.39 is 5.60 Å². The van der Waals surface area contributed by atoms with Crippen molar-refractivity contribution in [1.29, 1.82) is 0 Å². The highest BCUT2D eigenvalue weighted by molar-refractivity contribution is 6.30. The van der Waals surface area contributed by atoms with Crippen molar-refractivity contribution in [3.05, 3.63) is 29.3 Å². The van der Waals surface area contributed by atoms with E-state index in [0.717, 1.165) is 13.0 Å². The molecule has 0 radical (unpaired) electrons. The summed E-state index contributed by atoms with van der Waals surface area (Å²) in [4.78, 5) is 0. The highest BCUT2D eigenvalue weighted by Gasteiger charge is 2.20. The molecule has 0 bridgehead atoms. The Kier molecular flexibility index (Phi) is 5.75. The van der Waals surface area contributed by atoms with Crippen LogP contribution in [0.3, 0.4) is 0 Å². The first-order valence-electron chi connectivity index (χ1n) is 5.85. The van der Waals surface area contributed by atoms with E-state index in [1.165, 1.54) is 0 Å². The lowest BCUT2D eigenvalue weighted by atomic mass is 10.1. The summed E-state index contributed by atoms with van der Waals surface area (Å²) in [5.41, 5.74) is -0.877. The summed E-state index contributed by atoms with van der Waals surface area (Å²) in [6.07, 6.45) is 1.05. The van der Waals surface area contributed by atoms with E-state index in [-0.39, 0.29) is 6.61 Å². The van der Waals surface area contributed by atoms with Gasteiger partial charge in [0.15, 0.2) is 0 Å². The zero-order chi connectivity index (χ0) is 12.7. The maximum Gasteiger partial charge on any atom is 0.120 e. The minimum atomic E-state index is -0.877. The van der Waals surface area contributed by atoms with Crippen molar-refractivity contribution >= 4 is 11.6 Å². The van der Waals surface area contributed by atoms with E-state index >= 15 is 0 Å². The molecule has 0 spiro atoms. The lowest BCUT2D eigenvalue weighted by molar-refractivity contribution is 0.0125. The maximum absolute atomic E-state index is 10.1. The van der Waals surface area contributed by atoms with Gasteiger partial charge in [0.1, 0.15) is 18.0 Å². The molecule has 4 heteroatoms. The van der Waals surface area contributed by atoms with Crippen molar-refractivity contribution in [2.75, 3.05) is 19.7 Å². The number of hydrogen-bond donors (Lipinski definition) is 2. The van der Waals surface area contributed by atoms with Gasteiger partial charge in [0.25, 0.3) is 0 Å². The second-order valence-corrected chi connectivity index (χ2v) is 4.86. The Morgan fingerprint density at radius 3 is 2.88 bits per heavy atom. The molecule has 1 rings (SSSR count). The molecule has 96 valence electrons.